The van der Waals surface area contributed by atoms with E-state index in [0.29, 0.717) is 0 Å². The Kier molecular flexibility index (Phi) is 4.65. The van der Waals surface area contributed by atoms with Gasteiger partial charge in [0.1, 0.15) is 11.8 Å². The van der Waals surface area contributed by atoms with Crippen LogP contribution in [0, 0.1) is 5.92 Å². The van der Waals surface area contributed by atoms with Gasteiger partial charge in [0, 0.05) is 11.1 Å². The molecule has 124 valence electrons. The van der Waals surface area contributed by atoms with E-state index in [1.54, 1.807) is 7.11 Å². The van der Waals surface area contributed by atoms with Gasteiger partial charge in [-0.3, -0.25) is 9.79 Å². The van der Waals surface area contributed by atoms with Crippen LogP contribution in [0.4, 0.5) is 5.69 Å². The predicted octanol–water partition coefficient (Wildman–Crippen LogP) is 3.90. The Morgan fingerprint density at radius 2 is 1.96 bits per heavy atom. The Balaban J connectivity index is 2.20. The number of carbonyl (C=O) groups is 1. The number of nitrogens with one attached hydrogen (secondary N) is 1. The average Bonchev–Trinajstić information content (AvgIpc) is 2.77. The maximum absolute atomic E-state index is 12.7. The van der Waals surface area contributed by atoms with Crippen LogP contribution < -0.4 is 10.1 Å². The first-order valence-electron chi connectivity index (χ1n) is 8.26. The highest BCUT2D eigenvalue weighted by atomic mass is 16.5. The van der Waals surface area contributed by atoms with E-state index in [1.165, 1.54) is 0 Å². The highest BCUT2D eigenvalue weighted by Gasteiger charge is 2.29. The molecule has 0 saturated carbocycles. The molecule has 4 heteroatoms. The largest absolute Gasteiger partial charge is 0.497 e. The van der Waals surface area contributed by atoms with Gasteiger partial charge < -0.3 is 10.1 Å². The summed E-state index contributed by atoms with van der Waals surface area (Å²) in [5.74, 6) is 0.857. The number of benzodiazepines with no additional fused rings is 1. The maximum Gasteiger partial charge on any atom is 0.249 e. The van der Waals surface area contributed by atoms with Gasteiger partial charge in [-0.05, 0) is 24.1 Å². The van der Waals surface area contributed by atoms with Crippen LogP contribution in [0.25, 0.3) is 0 Å². The summed E-state index contributed by atoms with van der Waals surface area (Å²) in [6.07, 6.45) is 0.892. The summed E-state index contributed by atoms with van der Waals surface area (Å²) < 4.78 is 5.36. The first kappa shape index (κ1) is 16.2. The zero-order valence-corrected chi connectivity index (χ0v) is 14.2. The Labute approximate surface area is 142 Å². The molecule has 1 amide bonds. The van der Waals surface area contributed by atoms with Gasteiger partial charge in [-0.15, -0.1) is 0 Å². The van der Waals surface area contributed by atoms with Crippen LogP contribution in [0.5, 0.6) is 5.75 Å². The highest BCUT2D eigenvalue weighted by Crippen LogP contribution is 2.29. The van der Waals surface area contributed by atoms with Gasteiger partial charge in [0.25, 0.3) is 0 Å². The molecule has 0 aliphatic carbocycles. The maximum atomic E-state index is 12.7. The van der Waals surface area contributed by atoms with Gasteiger partial charge in [0.2, 0.25) is 5.91 Å². The third-order valence-corrected chi connectivity index (χ3v) is 4.51. The molecule has 24 heavy (non-hydrogen) atoms. The normalized spacial score (nSPS) is 18.0. The predicted molar refractivity (Wildman–Crippen MR) is 96.9 cm³/mol. The van der Waals surface area contributed by atoms with Gasteiger partial charge in [-0.2, -0.15) is 0 Å². The second kappa shape index (κ2) is 6.87. The summed E-state index contributed by atoms with van der Waals surface area (Å²) in [7, 11) is 1.64. The summed E-state index contributed by atoms with van der Waals surface area (Å²) in [5, 5.41) is 3.03. The number of fused-ring (bicyclic) bond motifs is 1. The molecule has 1 N–H and O–H groups in total. The lowest BCUT2D eigenvalue weighted by Gasteiger charge is -2.17. The first-order valence-corrected chi connectivity index (χ1v) is 8.26. The van der Waals surface area contributed by atoms with Crippen molar-refractivity contribution in [1.82, 2.24) is 0 Å². The van der Waals surface area contributed by atoms with Crippen molar-refractivity contribution in [2.24, 2.45) is 10.9 Å². The molecule has 0 unspecified atom stereocenters. The standard InChI is InChI=1S/C20H22N2O2/c1-4-13(2)18-20(23)21-17-11-10-15(24-3)12-16(17)19(22-18)14-8-6-5-7-9-14/h5-13,18H,4H2,1-3H3,(H,21,23)/t13-,18-/m0/s1. The quantitative estimate of drug-likeness (QED) is 0.928. The molecule has 0 aromatic heterocycles. The number of nitrogens with zero attached hydrogens (tertiary/aromatic N) is 1. The molecule has 1 aliphatic heterocycles. The summed E-state index contributed by atoms with van der Waals surface area (Å²) in [6.45, 7) is 4.14. The number of amides is 1. The number of ether oxygens (including phenoxy) is 1. The molecule has 2 aromatic rings. The SMILES string of the molecule is CC[C@H](C)[C@@H]1N=C(c2ccccc2)c2cc(OC)ccc2NC1=O. The first-order chi connectivity index (χ1) is 11.6. The molecule has 3 rings (SSSR count). The molecule has 1 heterocycles. The minimum absolute atomic E-state index is 0.0540. The number of anilines is 1. The number of methoxy groups -OCH3 is 1. The smallest absolute Gasteiger partial charge is 0.249 e. The van der Waals surface area contributed by atoms with Gasteiger partial charge in [0.05, 0.1) is 18.5 Å². The summed E-state index contributed by atoms with van der Waals surface area (Å²) >= 11 is 0. The lowest BCUT2D eigenvalue weighted by atomic mass is 9.98. The Hall–Kier alpha value is -2.62. The van der Waals surface area contributed by atoms with Gasteiger partial charge in [-0.1, -0.05) is 50.6 Å². The molecule has 2 atom stereocenters. The van der Waals surface area contributed by atoms with Crippen molar-refractivity contribution in [3.63, 3.8) is 0 Å². The van der Waals surface area contributed by atoms with E-state index in [0.717, 1.165) is 34.7 Å². The third-order valence-electron chi connectivity index (χ3n) is 4.51. The average molecular weight is 322 g/mol. The van der Waals surface area contributed by atoms with E-state index >= 15 is 0 Å². The van der Waals surface area contributed by atoms with E-state index in [4.69, 9.17) is 9.73 Å². The number of hydrogen-bond donors (Lipinski definition) is 1. The lowest BCUT2D eigenvalue weighted by molar-refractivity contribution is -0.118. The van der Waals surface area contributed by atoms with Crippen LogP contribution in [0.15, 0.2) is 53.5 Å². The fourth-order valence-corrected chi connectivity index (χ4v) is 2.86. The van der Waals surface area contributed by atoms with Crippen molar-refractivity contribution in [1.29, 1.82) is 0 Å². The zero-order chi connectivity index (χ0) is 17.1. The number of hydrogen-bond acceptors (Lipinski definition) is 3. The number of aliphatic imine (C=N–C) groups is 1. The monoisotopic (exact) mass is 322 g/mol. The van der Waals surface area contributed by atoms with Crippen molar-refractivity contribution >= 4 is 17.3 Å². The summed E-state index contributed by atoms with van der Waals surface area (Å²) in [4.78, 5) is 17.5. The summed E-state index contributed by atoms with van der Waals surface area (Å²) in [6, 6.07) is 15.2. The van der Waals surface area contributed by atoms with Crippen LogP contribution in [-0.4, -0.2) is 24.8 Å². The van der Waals surface area contributed by atoms with Crippen LogP contribution in [-0.2, 0) is 4.79 Å². The fourth-order valence-electron chi connectivity index (χ4n) is 2.86. The molecular formula is C20H22N2O2. The molecule has 0 fully saturated rings. The zero-order valence-electron chi connectivity index (χ0n) is 14.2. The summed E-state index contributed by atoms with van der Waals surface area (Å²) in [5.41, 5.74) is 3.49. The molecular weight excluding hydrogens is 300 g/mol. The van der Waals surface area contributed by atoms with Crippen molar-refractivity contribution < 1.29 is 9.53 Å². The van der Waals surface area contributed by atoms with E-state index < -0.39 is 6.04 Å². The van der Waals surface area contributed by atoms with Crippen LogP contribution >= 0.6 is 0 Å². The van der Waals surface area contributed by atoms with E-state index in [9.17, 15) is 4.79 Å². The minimum atomic E-state index is -0.399. The third kappa shape index (κ3) is 3.04. The molecule has 0 saturated heterocycles. The number of benzene rings is 2. The molecule has 0 bridgehead atoms. The Morgan fingerprint density at radius 3 is 2.62 bits per heavy atom. The fraction of sp³-hybridized carbons (Fsp3) is 0.300. The molecule has 4 nitrogen and oxygen atoms in total. The van der Waals surface area contributed by atoms with Gasteiger partial charge in [0.15, 0.2) is 0 Å². The minimum Gasteiger partial charge on any atom is -0.497 e. The van der Waals surface area contributed by atoms with E-state index in [2.05, 4.69) is 19.2 Å². The highest BCUT2D eigenvalue weighted by molar-refractivity contribution is 6.19. The van der Waals surface area contributed by atoms with Crippen molar-refractivity contribution in [2.75, 3.05) is 12.4 Å². The number of carbonyl (C=O) groups excluding carboxylic acids is 1. The second-order valence-corrected chi connectivity index (χ2v) is 6.07. The molecule has 2 aromatic carbocycles. The number of rotatable bonds is 4. The Bertz CT molecular complexity index is 768. The Morgan fingerprint density at radius 1 is 1.21 bits per heavy atom. The van der Waals surface area contributed by atoms with Crippen molar-refractivity contribution in [3.8, 4) is 5.75 Å². The topological polar surface area (TPSA) is 50.7 Å². The van der Waals surface area contributed by atoms with Gasteiger partial charge >= 0.3 is 0 Å². The van der Waals surface area contributed by atoms with Crippen molar-refractivity contribution in [3.05, 3.63) is 59.7 Å². The molecule has 1 aliphatic rings. The molecule has 0 radical (unpaired) electrons. The van der Waals surface area contributed by atoms with E-state index in [-0.39, 0.29) is 11.8 Å². The lowest BCUT2D eigenvalue weighted by Crippen LogP contribution is -2.31. The van der Waals surface area contributed by atoms with Crippen LogP contribution in [0.2, 0.25) is 0 Å². The van der Waals surface area contributed by atoms with E-state index in [1.807, 2.05) is 48.5 Å². The second-order valence-electron chi connectivity index (χ2n) is 6.07. The van der Waals surface area contributed by atoms with Crippen molar-refractivity contribution in [2.45, 2.75) is 26.3 Å². The van der Waals surface area contributed by atoms with Gasteiger partial charge in [-0.25, -0.2) is 0 Å². The van der Waals surface area contributed by atoms with Crippen LogP contribution in [0.1, 0.15) is 31.4 Å². The molecule has 0 spiro atoms. The van der Waals surface area contributed by atoms with Crippen LogP contribution in [0.3, 0.4) is 0 Å².